The van der Waals surface area contributed by atoms with Crippen molar-refractivity contribution in [3.8, 4) is 23.0 Å². The van der Waals surface area contributed by atoms with Gasteiger partial charge in [-0.2, -0.15) is 0 Å². The smallest absolute Gasteiger partial charge is 0.407 e. The van der Waals surface area contributed by atoms with E-state index in [9.17, 15) is 14.7 Å². The summed E-state index contributed by atoms with van der Waals surface area (Å²) in [6, 6.07) is 15.2. The van der Waals surface area contributed by atoms with Crippen molar-refractivity contribution in [3.63, 3.8) is 0 Å². The number of benzene rings is 2. The van der Waals surface area contributed by atoms with E-state index in [-0.39, 0.29) is 12.5 Å². The Morgan fingerprint density at radius 2 is 1.76 bits per heavy atom. The summed E-state index contributed by atoms with van der Waals surface area (Å²) in [5, 5.41) is 12.7. The number of carbonyl (C=O) groups is 2. The van der Waals surface area contributed by atoms with Gasteiger partial charge in [0.25, 0.3) is 0 Å². The number of ether oxygens (including phenoxy) is 1. The Morgan fingerprint density at radius 3 is 2.27 bits per heavy atom. The minimum Gasteiger partial charge on any atom is -0.480 e. The molecule has 0 aromatic heterocycles. The molecule has 2 aromatic rings. The topological polar surface area (TPSA) is 75.6 Å². The van der Waals surface area contributed by atoms with Crippen LogP contribution in [-0.4, -0.2) is 61.5 Å². The summed E-state index contributed by atoms with van der Waals surface area (Å²) >= 11 is 0. The number of likely N-dealkylation sites (tertiary alicyclic amines) is 1. The zero-order chi connectivity index (χ0) is 23.6. The highest BCUT2D eigenvalue weighted by atomic mass is 16.5. The molecule has 4 rings (SSSR count). The lowest BCUT2D eigenvalue weighted by Crippen LogP contribution is -2.55. The van der Waals surface area contributed by atoms with Gasteiger partial charge >= 0.3 is 12.1 Å². The lowest BCUT2D eigenvalue weighted by atomic mass is 9.76. The standard InChI is InChI=1S/C27H30N2O4/c1-4-5-14-27(15-16-29(2,3)18-27)24(25(30)31)28-26(32)33-17-23-21-12-8-6-10-19(21)20-11-7-9-13-22(20)23/h6-13,23-24H,14-18H2,1-3H3,(H-,28,30,31,32)/p+1/t24-,27+/m1/s1. The van der Waals surface area contributed by atoms with Crippen LogP contribution in [0.1, 0.15) is 36.8 Å². The lowest BCUT2D eigenvalue weighted by Gasteiger charge is -2.34. The first-order valence-electron chi connectivity index (χ1n) is 11.3. The molecular formula is C27H31N2O4+. The van der Waals surface area contributed by atoms with E-state index in [4.69, 9.17) is 4.74 Å². The summed E-state index contributed by atoms with van der Waals surface area (Å²) in [6.45, 7) is 3.36. The van der Waals surface area contributed by atoms with Crippen molar-refractivity contribution in [2.75, 3.05) is 33.8 Å². The molecule has 2 atom stereocenters. The zero-order valence-electron chi connectivity index (χ0n) is 19.4. The van der Waals surface area contributed by atoms with E-state index < -0.39 is 23.5 Å². The molecule has 0 radical (unpaired) electrons. The number of nitrogens with zero attached hydrogens (tertiary/aromatic N) is 1. The third kappa shape index (κ3) is 4.46. The first-order valence-corrected chi connectivity index (χ1v) is 11.3. The van der Waals surface area contributed by atoms with Gasteiger partial charge in [-0.1, -0.05) is 48.5 Å². The Bertz CT molecular complexity index is 1080. The second-order valence-corrected chi connectivity index (χ2v) is 9.77. The Kier molecular flexibility index (Phi) is 6.18. The third-order valence-corrected chi connectivity index (χ3v) is 7.04. The quantitative estimate of drug-likeness (QED) is 0.521. The molecule has 0 bridgehead atoms. The van der Waals surface area contributed by atoms with Crippen LogP contribution in [0.2, 0.25) is 0 Å². The van der Waals surface area contributed by atoms with Gasteiger partial charge in [-0.3, -0.25) is 0 Å². The first kappa shape index (κ1) is 22.9. The van der Waals surface area contributed by atoms with Crippen molar-refractivity contribution in [1.82, 2.24) is 5.32 Å². The molecule has 1 aliphatic heterocycles. The normalized spacial score (nSPS) is 21.3. The Morgan fingerprint density at radius 1 is 1.15 bits per heavy atom. The minimum absolute atomic E-state index is 0.0755. The predicted molar refractivity (Wildman–Crippen MR) is 127 cm³/mol. The molecule has 33 heavy (non-hydrogen) atoms. The summed E-state index contributed by atoms with van der Waals surface area (Å²) in [7, 11) is 4.15. The number of fused-ring (bicyclic) bond motifs is 3. The van der Waals surface area contributed by atoms with Gasteiger partial charge in [0.05, 0.1) is 32.6 Å². The van der Waals surface area contributed by atoms with Gasteiger partial charge in [0.2, 0.25) is 0 Å². The van der Waals surface area contributed by atoms with Gasteiger partial charge in [0.1, 0.15) is 12.6 Å². The molecule has 2 aromatic carbocycles. The summed E-state index contributed by atoms with van der Waals surface area (Å²) in [5.74, 6) is 4.81. The van der Waals surface area contributed by atoms with Crippen molar-refractivity contribution in [2.24, 2.45) is 5.41 Å². The molecule has 6 nitrogen and oxygen atoms in total. The van der Waals surface area contributed by atoms with E-state index in [1.54, 1.807) is 6.92 Å². The van der Waals surface area contributed by atoms with Crippen LogP contribution in [0.5, 0.6) is 0 Å². The zero-order valence-corrected chi connectivity index (χ0v) is 19.4. The number of amides is 1. The molecule has 1 fully saturated rings. The van der Waals surface area contributed by atoms with Gasteiger partial charge in [-0.25, -0.2) is 9.59 Å². The van der Waals surface area contributed by atoms with E-state index in [0.29, 0.717) is 23.9 Å². The Hall–Kier alpha value is -3.30. The highest BCUT2D eigenvalue weighted by Gasteiger charge is 2.53. The summed E-state index contributed by atoms with van der Waals surface area (Å²) in [6.07, 6.45) is 0.395. The maximum atomic E-state index is 12.8. The molecule has 172 valence electrons. The fourth-order valence-electron chi connectivity index (χ4n) is 5.52. The number of carboxylic acid groups (broad SMARTS) is 1. The SMILES string of the molecule is CC#CC[C@]1([C@H](NC(=O)OCC2c3ccccc3-c3ccccc32)C(=O)O)CC[N+](C)(C)C1. The van der Waals surface area contributed by atoms with E-state index in [0.717, 1.165) is 28.8 Å². The van der Waals surface area contributed by atoms with Gasteiger partial charge in [0.15, 0.2) is 0 Å². The van der Waals surface area contributed by atoms with Crippen LogP contribution >= 0.6 is 0 Å². The van der Waals surface area contributed by atoms with E-state index >= 15 is 0 Å². The molecule has 1 amide bonds. The number of nitrogens with one attached hydrogen (secondary N) is 1. The Balaban J connectivity index is 1.50. The van der Waals surface area contributed by atoms with Crippen LogP contribution < -0.4 is 5.32 Å². The van der Waals surface area contributed by atoms with Crippen molar-refractivity contribution in [3.05, 3.63) is 59.7 Å². The number of aliphatic carboxylic acids is 1. The molecule has 6 heteroatoms. The van der Waals surface area contributed by atoms with Crippen LogP contribution in [0.15, 0.2) is 48.5 Å². The van der Waals surface area contributed by atoms with Crippen molar-refractivity contribution >= 4 is 12.1 Å². The van der Waals surface area contributed by atoms with Crippen molar-refractivity contribution < 1.29 is 23.9 Å². The fourth-order valence-corrected chi connectivity index (χ4v) is 5.52. The number of hydrogen-bond donors (Lipinski definition) is 2. The minimum atomic E-state index is -1.06. The average Bonchev–Trinajstić information content (AvgIpc) is 3.29. The van der Waals surface area contributed by atoms with Crippen LogP contribution in [0.3, 0.4) is 0 Å². The maximum absolute atomic E-state index is 12.8. The Labute approximate surface area is 195 Å². The highest BCUT2D eigenvalue weighted by Crippen LogP contribution is 2.44. The number of alkyl carbamates (subject to hydrolysis) is 1. The van der Waals surface area contributed by atoms with Gasteiger partial charge in [-0.05, 0) is 29.2 Å². The molecule has 1 heterocycles. The van der Waals surface area contributed by atoms with Crippen molar-refractivity contribution in [2.45, 2.75) is 31.7 Å². The number of quaternary nitrogens is 1. The average molecular weight is 448 g/mol. The second kappa shape index (κ2) is 8.92. The van der Waals surface area contributed by atoms with Gasteiger partial charge in [-0.15, -0.1) is 11.8 Å². The van der Waals surface area contributed by atoms with Gasteiger partial charge in [0, 0.05) is 18.8 Å². The van der Waals surface area contributed by atoms with E-state index in [2.05, 4.69) is 55.5 Å². The van der Waals surface area contributed by atoms with Crippen LogP contribution in [-0.2, 0) is 9.53 Å². The molecular weight excluding hydrogens is 416 g/mol. The van der Waals surface area contributed by atoms with Crippen molar-refractivity contribution in [1.29, 1.82) is 0 Å². The molecule has 0 saturated carbocycles. The predicted octanol–water partition coefficient (Wildman–Crippen LogP) is 3.86. The second-order valence-electron chi connectivity index (χ2n) is 9.77. The highest BCUT2D eigenvalue weighted by molar-refractivity contribution is 5.82. The molecule has 2 N–H and O–H groups in total. The number of hydrogen-bond acceptors (Lipinski definition) is 3. The first-order chi connectivity index (χ1) is 15.8. The maximum Gasteiger partial charge on any atom is 0.407 e. The monoisotopic (exact) mass is 447 g/mol. The number of rotatable bonds is 6. The van der Waals surface area contributed by atoms with Crippen LogP contribution in [0, 0.1) is 17.3 Å². The summed E-state index contributed by atoms with van der Waals surface area (Å²) in [5.41, 5.74) is 3.89. The molecule has 1 aliphatic carbocycles. The van der Waals surface area contributed by atoms with Crippen LogP contribution in [0.25, 0.3) is 11.1 Å². The fraction of sp³-hybridized carbons (Fsp3) is 0.407. The molecule has 0 spiro atoms. The van der Waals surface area contributed by atoms with E-state index in [1.165, 1.54) is 0 Å². The largest absolute Gasteiger partial charge is 0.480 e. The number of carboxylic acids is 1. The molecule has 1 saturated heterocycles. The van der Waals surface area contributed by atoms with Crippen LogP contribution in [0.4, 0.5) is 4.79 Å². The third-order valence-electron chi connectivity index (χ3n) is 7.04. The molecule has 2 aliphatic rings. The lowest BCUT2D eigenvalue weighted by molar-refractivity contribution is -0.881. The van der Waals surface area contributed by atoms with E-state index in [1.807, 2.05) is 24.3 Å². The summed E-state index contributed by atoms with van der Waals surface area (Å²) in [4.78, 5) is 25.1. The van der Waals surface area contributed by atoms with Gasteiger partial charge < -0.3 is 19.6 Å². The summed E-state index contributed by atoms with van der Waals surface area (Å²) < 4.78 is 6.32. The number of carbonyl (C=O) groups excluding carboxylic acids is 1. The molecule has 0 unspecified atom stereocenters.